The summed E-state index contributed by atoms with van der Waals surface area (Å²) in [5.74, 6) is 0.0245. The molecule has 2 rings (SSSR count). The van der Waals surface area contributed by atoms with Gasteiger partial charge in [0.25, 0.3) is 0 Å². The Hall–Kier alpha value is -2.15. The molecule has 0 fully saturated rings. The van der Waals surface area contributed by atoms with Gasteiger partial charge in [-0.2, -0.15) is 5.26 Å². The fourth-order valence-electron chi connectivity index (χ4n) is 2.11. The number of ketones is 1. The lowest BCUT2D eigenvalue weighted by Gasteiger charge is -2.16. The summed E-state index contributed by atoms with van der Waals surface area (Å²) in [6.07, 6.45) is 0. The Balaban J connectivity index is 1.99. The van der Waals surface area contributed by atoms with E-state index in [0.717, 1.165) is 5.56 Å². The number of nitriles is 1. The van der Waals surface area contributed by atoms with E-state index in [1.807, 2.05) is 30.1 Å². The predicted molar refractivity (Wildman–Crippen MR) is 83.3 cm³/mol. The van der Waals surface area contributed by atoms with Crippen molar-refractivity contribution in [3.8, 4) is 6.07 Å². The van der Waals surface area contributed by atoms with Crippen molar-refractivity contribution in [1.82, 2.24) is 4.90 Å². The molecule has 0 N–H and O–H groups in total. The molecule has 0 radical (unpaired) electrons. The van der Waals surface area contributed by atoms with Crippen LogP contribution in [-0.4, -0.2) is 24.3 Å². The van der Waals surface area contributed by atoms with Gasteiger partial charge in [-0.05, 0) is 36.9 Å². The van der Waals surface area contributed by atoms with Crippen LogP contribution in [0, 0.1) is 11.3 Å². The van der Waals surface area contributed by atoms with Gasteiger partial charge in [0.2, 0.25) is 0 Å². The largest absolute Gasteiger partial charge is 0.295 e. The van der Waals surface area contributed by atoms with Crippen molar-refractivity contribution in [3.63, 3.8) is 0 Å². The van der Waals surface area contributed by atoms with Gasteiger partial charge in [0.05, 0.1) is 18.2 Å². The SMILES string of the molecule is CN(CC(=O)c1cccc(Cl)c1)Cc1cccc(C#N)c1. The standard InChI is InChI=1S/C17H15ClN2O/c1-20(11-14-5-2-4-13(8-14)10-19)12-17(21)15-6-3-7-16(18)9-15/h2-9H,11-12H2,1H3. The maximum absolute atomic E-state index is 12.2. The molecular weight excluding hydrogens is 284 g/mol. The summed E-state index contributed by atoms with van der Waals surface area (Å²) in [4.78, 5) is 14.1. The van der Waals surface area contributed by atoms with Gasteiger partial charge in [0.1, 0.15) is 0 Å². The van der Waals surface area contributed by atoms with Crippen molar-refractivity contribution >= 4 is 17.4 Å². The van der Waals surface area contributed by atoms with Crippen LogP contribution < -0.4 is 0 Å². The molecule has 0 spiro atoms. The molecule has 106 valence electrons. The first-order valence-corrected chi connectivity index (χ1v) is 6.92. The quantitative estimate of drug-likeness (QED) is 0.793. The maximum Gasteiger partial charge on any atom is 0.176 e. The molecule has 0 aliphatic rings. The predicted octanol–water partition coefficient (Wildman–Crippen LogP) is 3.53. The molecule has 0 aromatic heterocycles. The summed E-state index contributed by atoms with van der Waals surface area (Å²) in [6.45, 7) is 0.916. The maximum atomic E-state index is 12.2. The van der Waals surface area contributed by atoms with Gasteiger partial charge in [0, 0.05) is 17.1 Å². The van der Waals surface area contributed by atoms with Crippen molar-refractivity contribution in [1.29, 1.82) is 5.26 Å². The molecule has 0 unspecified atom stereocenters. The van der Waals surface area contributed by atoms with E-state index in [9.17, 15) is 4.79 Å². The Morgan fingerprint density at radius 1 is 1.24 bits per heavy atom. The van der Waals surface area contributed by atoms with Crippen LogP contribution in [0.1, 0.15) is 21.5 Å². The van der Waals surface area contributed by atoms with Crippen molar-refractivity contribution in [2.24, 2.45) is 0 Å². The Kier molecular flexibility index (Phi) is 5.10. The molecule has 0 saturated heterocycles. The lowest BCUT2D eigenvalue weighted by atomic mass is 10.1. The second-order valence-corrected chi connectivity index (χ2v) is 5.35. The molecular formula is C17H15ClN2O. The molecule has 4 heteroatoms. The van der Waals surface area contributed by atoms with Crippen LogP contribution in [0.25, 0.3) is 0 Å². The summed E-state index contributed by atoms with van der Waals surface area (Å²) in [5, 5.41) is 9.45. The third-order valence-corrected chi connectivity index (χ3v) is 3.30. The number of benzene rings is 2. The van der Waals surface area contributed by atoms with Gasteiger partial charge in [-0.15, -0.1) is 0 Å². The fourth-order valence-corrected chi connectivity index (χ4v) is 2.30. The number of carbonyl (C=O) groups is 1. The Bertz CT molecular complexity index is 691. The van der Waals surface area contributed by atoms with E-state index in [1.54, 1.807) is 30.3 Å². The van der Waals surface area contributed by atoms with Crippen LogP contribution in [-0.2, 0) is 6.54 Å². The number of hydrogen-bond donors (Lipinski definition) is 0. The van der Waals surface area contributed by atoms with E-state index in [1.165, 1.54) is 0 Å². The second kappa shape index (κ2) is 7.03. The van der Waals surface area contributed by atoms with E-state index >= 15 is 0 Å². The van der Waals surface area contributed by atoms with Crippen LogP contribution in [0.15, 0.2) is 48.5 Å². The second-order valence-electron chi connectivity index (χ2n) is 4.92. The van der Waals surface area contributed by atoms with Gasteiger partial charge in [0.15, 0.2) is 5.78 Å². The van der Waals surface area contributed by atoms with Crippen molar-refractivity contribution in [3.05, 3.63) is 70.2 Å². The smallest absolute Gasteiger partial charge is 0.176 e. The summed E-state index contributed by atoms with van der Waals surface area (Å²) in [7, 11) is 1.88. The van der Waals surface area contributed by atoms with Crippen LogP contribution in [0.5, 0.6) is 0 Å². The number of nitrogens with zero attached hydrogens (tertiary/aromatic N) is 2. The van der Waals surface area contributed by atoms with E-state index in [-0.39, 0.29) is 5.78 Å². The van der Waals surface area contributed by atoms with Crippen LogP contribution in [0.4, 0.5) is 0 Å². The minimum atomic E-state index is 0.0245. The summed E-state index contributed by atoms with van der Waals surface area (Å²) in [5.41, 5.74) is 2.25. The van der Waals surface area contributed by atoms with Crippen molar-refractivity contribution in [2.75, 3.05) is 13.6 Å². The normalized spacial score (nSPS) is 10.4. The number of rotatable bonds is 5. The highest BCUT2D eigenvalue weighted by Crippen LogP contribution is 2.12. The lowest BCUT2D eigenvalue weighted by molar-refractivity contribution is 0.0943. The average molecular weight is 299 g/mol. The Morgan fingerprint density at radius 2 is 2.00 bits per heavy atom. The topological polar surface area (TPSA) is 44.1 Å². The minimum Gasteiger partial charge on any atom is -0.295 e. The zero-order chi connectivity index (χ0) is 15.2. The van der Waals surface area contributed by atoms with Crippen molar-refractivity contribution < 1.29 is 4.79 Å². The first kappa shape index (κ1) is 15.2. The third kappa shape index (κ3) is 4.42. The molecule has 0 amide bonds. The molecule has 0 saturated carbocycles. The van der Waals surface area contributed by atoms with Gasteiger partial charge in [-0.25, -0.2) is 0 Å². The van der Waals surface area contributed by atoms with E-state index in [2.05, 4.69) is 6.07 Å². The summed E-state index contributed by atoms with van der Waals surface area (Å²) >= 11 is 5.89. The Morgan fingerprint density at radius 3 is 2.71 bits per heavy atom. The monoisotopic (exact) mass is 298 g/mol. The molecule has 2 aromatic carbocycles. The van der Waals surface area contributed by atoms with Crippen LogP contribution in [0.3, 0.4) is 0 Å². The van der Waals surface area contributed by atoms with E-state index in [0.29, 0.717) is 29.2 Å². The molecule has 0 aliphatic carbocycles. The minimum absolute atomic E-state index is 0.0245. The van der Waals surface area contributed by atoms with Crippen LogP contribution in [0.2, 0.25) is 5.02 Å². The fraction of sp³-hybridized carbons (Fsp3) is 0.176. The van der Waals surface area contributed by atoms with E-state index in [4.69, 9.17) is 16.9 Å². The first-order valence-electron chi connectivity index (χ1n) is 6.55. The number of Topliss-reactive ketones (excluding diaryl/α,β-unsaturated/α-hetero) is 1. The average Bonchev–Trinajstić information content (AvgIpc) is 2.47. The van der Waals surface area contributed by atoms with Gasteiger partial charge in [-0.1, -0.05) is 35.9 Å². The molecule has 2 aromatic rings. The Labute approximate surface area is 129 Å². The van der Waals surface area contributed by atoms with Gasteiger partial charge < -0.3 is 0 Å². The van der Waals surface area contributed by atoms with E-state index < -0.39 is 0 Å². The summed E-state index contributed by atoms with van der Waals surface area (Å²) in [6, 6.07) is 16.5. The van der Waals surface area contributed by atoms with Crippen LogP contribution >= 0.6 is 11.6 Å². The summed E-state index contributed by atoms with van der Waals surface area (Å²) < 4.78 is 0. The molecule has 3 nitrogen and oxygen atoms in total. The highest BCUT2D eigenvalue weighted by Gasteiger charge is 2.10. The molecule has 0 heterocycles. The van der Waals surface area contributed by atoms with Gasteiger partial charge in [-0.3, -0.25) is 9.69 Å². The van der Waals surface area contributed by atoms with Gasteiger partial charge >= 0.3 is 0 Å². The molecule has 21 heavy (non-hydrogen) atoms. The zero-order valence-corrected chi connectivity index (χ0v) is 12.5. The zero-order valence-electron chi connectivity index (χ0n) is 11.7. The molecule has 0 aliphatic heterocycles. The van der Waals surface area contributed by atoms with Crippen molar-refractivity contribution in [2.45, 2.75) is 6.54 Å². The first-order chi connectivity index (χ1) is 10.1. The molecule has 0 bridgehead atoms. The number of hydrogen-bond acceptors (Lipinski definition) is 3. The number of likely N-dealkylation sites (N-methyl/N-ethyl adjacent to an activating group) is 1. The highest BCUT2D eigenvalue weighted by molar-refractivity contribution is 6.31. The number of halogens is 1. The highest BCUT2D eigenvalue weighted by atomic mass is 35.5. The lowest BCUT2D eigenvalue weighted by Crippen LogP contribution is -2.25. The third-order valence-electron chi connectivity index (χ3n) is 3.07. The number of carbonyl (C=O) groups excluding carboxylic acids is 1. The molecule has 0 atom stereocenters.